The van der Waals surface area contributed by atoms with Gasteiger partial charge in [0.05, 0.1) is 5.75 Å². The standard InChI is InChI=1S/C16H10Br2N2O2S.BrH/c17-12-5-1-10(2-6-12)14(21)9-23-16-20-19-15(22-16)11-3-7-13(18)8-4-11;/h1-8H,9H2;1H. The van der Waals surface area contributed by atoms with Crippen LogP contribution in [0.25, 0.3) is 11.5 Å². The summed E-state index contributed by atoms with van der Waals surface area (Å²) < 4.78 is 7.50. The molecule has 0 bridgehead atoms. The largest absolute Gasteiger partial charge is 0.411 e. The summed E-state index contributed by atoms with van der Waals surface area (Å²) in [4.78, 5) is 12.1. The highest BCUT2D eigenvalue weighted by molar-refractivity contribution is 9.10. The Morgan fingerprint density at radius 1 is 0.958 bits per heavy atom. The smallest absolute Gasteiger partial charge is 0.277 e. The Morgan fingerprint density at radius 2 is 1.54 bits per heavy atom. The molecule has 3 aromatic rings. The predicted octanol–water partition coefficient (Wildman–Crippen LogP) is 5.81. The average Bonchev–Trinajstić information content (AvgIpc) is 3.03. The molecule has 0 aliphatic heterocycles. The Balaban J connectivity index is 0.00000208. The van der Waals surface area contributed by atoms with Crippen molar-refractivity contribution in [2.75, 3.05) is 5.75 Å². The summed E-state index contributed by atoms with van der Waals surface area (Å²) in [7, 11) is 0. The molecule has 8 heteroatoms. The van der Waals surface area contributed by atoms with Gasteiger partial charge in [-0.1, -0.05) is 55.8 Å². The van der Waals surface area contributed by atoms with Gasteiger partial charge in [0.25, 0.3) is 5.22 Å². The van der Waals surface area contributed by atoms with Gasteiger partial charge in [-0.05, 0) is 36.4 Å². The summed E-state index contributed by atoms with van der Waals surface area (Å²) >= 11 is 7.96. The van der Waals surface area contributed by atoms with Gasteiger partial charge >= 0.3 is 0 Å². The van der Waals surface area contributed by atoms with Crippen LogP contribution >= 0.6 is 60.6 Å². The van der Waals surface area contributed by atoms with Crippen LogP contribution in [0.4, 0.5) is 0 Å². The van der Waals surface area contributed by atoms with Gasteiger partial charge in [0, 0.05) is 20.1 Å². The Kier molecular flexibility index (Phi) is 7.21. The molecule has 1 aromatic heterocycles. The van der Waals surface area contributed by atoms with E-state index >= 15 is 0 Å². The molecule has 4 nitrogen and oxygen atoms in total. The number of thioether (sulfide) groups is 1. The van der Waals surface area contributed by atoms with Gasteiger partial charge in [0.1, 0.15) is 0 Å². The van der Waals surface area contributed by atoms with Crippen molar-refractivity contribution < 1.29 is 9.21 Å². The van der Waals surface area contributed by atoms with Crippen molar-refractivity contribution >= 4 is 66.4 Å². The van der Waals surface area contributed by atoms with Gasteiger partial charge in [0.2, 0.25) is 5.89 Å². The first-order chi connectivity index (χ1) is 11.1. The summed E-state index contributed by atoms with van der Waals surface area (Å²) in [5.41, 5.74) is 1.50. The monoisotopic (exact) mass is 532 g/mol. The maximum atomic E-state index is 12.1. The number of Topliss-reactive ketones (excluding diaryl/α,β-unsaturated/α-hetero) is 1. The molecule has 0 atom stereocenters. The van der Waals surface area contributed by atoms with Crippen LogP contribution < -0.4 is 0 Å². The minimum Gasteiger partial charge on any atom is -0.411 e. The molecule has 124 valence electrons. The van der Waals surface area contributed by atoms with Crippen LogP contribution in [0, 0.1) is 0 Å². The molecule has 0 amide bonds. The van der Waals surface area contributed by atoms with Crippen molar-refractivity contribution in [2.45, 2.75) is 5.22 Å². The molecule has 3 rings (SSSR count). The summed E-state index contributed by atoms with van der Waals surface area (Å²) in [6.45, 7) is 0. The molecular weight excluding hydrogens is 524 g/mol. The van der Waals surface area contributed by atoms with E-state index in [1.54, 1.807) is 12.1 Å². The number of hydrogen-bond donors (Lipinski definition) is 0. The Labute approximate surface area is 170 Å². The Hall–Kier alpha value is -0.960. The van der Waals surface area contributed by atoms with Crippen molar-refractivity contribution in [3.05, 3.63) is 63.0 Å². The highest BCUT2D eigenvalue weighted by Gasteiger charge is 2.12. The fourth-order valence-corrected chi connectivity index (χ4v) is 3.01. The number of halogens is 3. The van der Waals surface area contributed by atoms with Crippen molar-refractivity contribution in [2.24, 2.45) is 0 Å². The van der Waals surface area contributed by atoms with Crippen LogP contribution in [0.1, 0.15) is 10.4 Å². The fourth-order valence-electron chi connectivity index (χ4n) is 1.82. The second-order valence-corrected chi connectivity index (χ2v) is 7.36. The van der Waals surface area contributed by atoms with Crippen LogP contribution in [0.2, 0.25) is 0 Å². The van der Waals surface area contributed by atoms with Crippen molar-refractivity contribution in [1.82, 2.24) is 10.2 Å². The van der Waals surface area contributed by atoms with E-state index < -0.39 is 0 Å². The van der Waals surface area contributed by atoms with Gasteiger partial charge in [-0.3, -0.25) is 4.79 Å². The van der Waals surface area contributed by atoms with E-state index in [0.29, 0.717) is 16.7 Å². The first-order valence-corrected chi connectivity index (χ1v) is 9.20. The lowest BCUT2D eigenvalue weighted by Gasteiger charge is -1.99. The zero-order chi connectivity index (χ0) is 16.2. The molecule has 0 saturated carbocycles. The normalized spacial score (nSPS) is 10.2. The summed E-state index contributed by atoms with van der Waals surface area (Å²) in [6.07, 6.45) is 0. The van der Waals surface area contributed by atoms with Gasteiger partial charge in [0.15, 0.2) is 5.78 Å². The average molecular weight is 535 g/mol. The van der Waals surface area contributed by atoms with E-state index in [1.165, 1.54) is 11.8 Å². The van der Waals surface area contributed by atoms with Gasteiger partial charge in [-0.2, -0.15) is 0 Å². The van der Waals surface area contributed by atoms with Crippen LogP contribution in [-0.2, 0) is 0 Å². The van der Waals surface area contributed by atoms with E-state index in [4.69, 9.17) is 4.42 Å². The second-order valence-electron chi connectivity index (χ2n) is 4.60. The number of carbonyl (C=O) groups is 1. The van der Waals surface area contributed by atoms with Crippen molar-refractivity contribution in [3.63, 3.8) is 0 Å². The number of aromatic nitrogens is 2. The SMILES string of the molecule is Br.O=C(CSc1nnc(-c2ccc(Br)cc2)o1)c1ccc(Br)cc1. The number of rotatable bonds is 5. The van der Waals surface area contributed by atoms with Crippen molar-refractivity contribution in [1.29, 1.82) is 0 Å². The molecule has 1 heterocycles. The van der Waals surface area contributed by atoms with Gasteiger partial charge < -0.3 is 4.42 Å². The molecular formula is C16H11Br3N2O2S. The molecule has 0 N–H and O–H groups in total. The van der Waals surface area contributed by atoms with E-state index in [9.17, 15) is 4.79 Å². The third-order valence-electron chi connectivity index (χ3n) is 2.99. The molecule has 0 unspecified atom stereocenters. The minimum absolute atomic E-state index is 0. The molecule has 0 fully saturated rings. The Bertz CT molecular complexity index is 820. The third-order valence-corrected chi connectivity index (χ3v) is 4.87. The number of benzene rings is 2. The van der Waals surface area contributed by atoms with Gasteiger partial charge in [-0.25, -0.2) is 0 Å². The number of carbonyl (C=O) groups excluding carboxylic acids is 1. The Morgan fingerprint density at radius 3 is 2.17 bits per heavy atom. The maximum Gasteiger partial charge on any atom is 0.277 e. The predicted molar refractivity (Wildman–Crippen MR) is 107 cm³/mol. The van der Waals surface area contributed by atoms with E-state index in [0.717, 1.165) is 14.5 Å². The minimum atomic E-state index is 0. The van der Waals surface area contributed by atoms with Crippen molar-refractivity contribution in [3.8, 4) is 11.5 Å². The number of nitrogens with zero attached hydrogens (tertiary/aromatic N) is 2. The molecule has 0 aliphatic carbocycles. The topological polar surface area (TPSA) is 56.0 Å². The fraction of sp³-hybridized carbons (Fsp3) is 0.0625. The molecule has 0 spiro atoms. The first kappa shape index (κ1) is 19.4. The highest BCUT2D eigenvalue weighted by Crippen LogP contribution is 2.25. The van der Waals surface area contributed by atoms with Crippen LogP contribution in [-0.4, -0.2) is 21.7 Å². The molecule has 0 aliphatic rings. The van der Waals surface area contributed by atoms with Crippen LogP contribution in [0.3, 0.4) is 0 Å². The zero-order valence-corrected chi connectivity index (χ0v) is 17.8. The van der Waals surface area contributed by atoms with Crippen LogP contribution in [0.15, 0.2) is 67.1 Å². The highest BCUT2D eigenvalue weighted by atomic mass is 79.9. The van der Waals surface area contributed by atoms with E-state index in [1.807, 2.05) is 36.4 Å². The lowest BCUT2D eigenvalue weighted by Crippen LogP contribution is -2.01. The second kappa shape index (κ2) is 8.94. The van der Waals surface area contributed by atoms with E-state index in [-0.39, 0.29) is 28.5 Å². The zero-order valence-electron chi connectivity index (χ0n) is 12.1. The molecule has 2 aromatic carbocycles. The maximum absolute atomic E-state index is 12.1. The summed E-state index contributed by atoms with van der Waals surface area (Å²) in [5.74, 6) is 0.714. The van der Waals surface area contributed by atoms with E-state index in [2.05, 4.69) is 42.1 Å². The quantitative estimate of drug-likeness (QED) is 0.305. The number of ketones is 1. The third kappa shape index (κ3) is 5.02. The van der Waals surface area contributed by atoms with Gasteiger partial charge in [-0.15, -0.1) is 27.2 Å². The first-order valence-electron chi connectivity index (χ1n) is 6.63. The summed E-state index contributed by atoms with van der Waals surface area (Å²) in [6, 6.07) is 14.8. The van der Waals surface area contributed by atoms with Crippen LogP contribution in [0.5, 0.6) is 0 Å². The molecule has 0 saturated heterocycles. The number of hydrogen-bond acceptors (Lipinski definition) is 5. The molecule has 0 radical (unpaired) electrons. The summed E-state index contributed by atoms with van der Waals surface area (Å²) in [5, 5.41) is 8.36. The lowest BCUT2D eigenvalue weighted by molar-refractivity contribution is 0.102. The molecule has 24 heavy (non-hydrogen) atoms. The lowest BCUT2D eigenvalue weighted by atomic mass is 10.2.